The van der Waals surface area contributed by atoms with Crippen LogP contribution in [0.15, 0.2) is 18.7 Å². The first-order valence-corrected chi connectivity index (χ1v) is 6.21. The summed E-state index contributed by atoms with van der Waals surface area (Å²) >= 11 is 0. The van der Waals surface area contributed by atoms with Crippen molar-refractivity contribution >= 4 is 5.91 Å². The summed E-state index contributed by atoms with van der Waals surface area (Å²) in [5.41, 5.74) is 0. The van der Waals surface area contributed by atoms with Crippen molar-refractivity contribution in [2.24, 2.45) is 5.92 Å². The minimum absolute atomic E-state index is 0.137. The van der Waals surface area contributed by atoms with Crippen molar-refractivity contribution in [3.05, 3.63) is 18.7 Å². The molecule has 1 saturated heterocycles. The fourth-order valence-corrected chi connectivity index (χ4v) is 2.16. The first kappa shape index (κ1) is 12.1. The molecule has 2 unspecified atom stereocenters. The third kappa shape index (κ3) is 3.56. The number of hydrogen-bond donors (Lipinski definition) is 2. The molecule has 2 rings (SSSR count). The zero-order valence-corrected chi connectivity index (χ0v) is 10.2. The van der Waals surface area contributed by atoms with Gasteiger partial charge < -0.3 is 15.2 Å². The number of amides is 1. The zero-order valence-electron chi connectivity index (χ0n) is 10.2. The summed E-state index contributed by atoms with van der Waals surface area (Å²) in [6.07, 6.45) is 6.89. The molecule has 17 heavy (non-hydrogen) atoms. The van der Waals surface area contributed by atoms with Crippen molar-refractivity contribution in [2.75, 3.05) is 13.1 Å². The molecule has 94 valence electrons. The lowest BCUT2D eigenvalue weighted by atomic mass is 9.95. The molecule has 0 saturated carbocycles. The first-order chi connectivity index (χ1) is 8.25. The Hall–Kier alpha value is -1.36. The lowest BCUT2D eigenvalue weighted by Gasteiger charge is -2.30. The Bertz CT molecular complexity index is 349. The highest BCUT2D eigenvalue weighted by molar-refractivity contribution is 5.76. The average molecular weight is 236 g/mol. The van der Waals surface area contributed by atoms with Crippen LogP contribution >= 0.6 is 0 Å². The van der Waals surface area contributed by atoms with Crippen LogP contribution in [0, 0.1) is 5.92 Å². The number of aromatic nitrogens is 2. The van der Waals surface area contributed by atoms with Crippen LogP contribution in [0.25, 0.3) is 0 Å². The maximum absolute atomic E-state index is 11.8. The van der Waals surface area contributed by atoms with E-state index in [9.17, 15) is 4.79 Å². The van der Waals surface area contributed by atoms with Gasteiger partial charge in [-0.25, -0.2) is 4.98 Å². The van der Waals surface area contributed by atoms with E-state index < -0.39 is 0 Å². The van der Waals surface area contributed by atoms with Crippen molar-refractivity contribution < 1.29 is 4.79 Å². The van der Waals surface area contributed by atoms with Crippen LogP contribution < -0.4 is 10.6 Å². The lowest BCUT2D eigenvalue weighted by molar-refractivity contribution is -0.122. The summed E-state index contributed by atoms with van der Waals surface area (Å²) in [5.74, 6) is 0.651. The van der Waals surface area contributed by atoms with Gasteiger partial charge in [-0.15, -0.1) is 0 Å². The standard InChI is InChI=1S/C12H20N4O/c1-10-8-13-4-2-11(10)15-12(17)3-6-16-7-5-14-9-16/h5,7,9-11,13H,2-4,6,8H2,1H3,(H,15,17). The fourth-order valence-electron chi connectivity index (χ4n) is 2.16. The molecule has 1 aromatic rings. The Balaban J connectivity index is 1.73. The van der Waals surface area contributed by atoms with Crippen LogP contribution in [-0.2, 0) is 11.3 Å². The number of hydrogen-bond acceptors (Lipinski definition) is 3. The van der Waals surface area contributed by atoms with Gasteiger partial charge in [0.25, 0.3) is 0 Å². The van der Waals surface area contributed by atoms with Crippen LogP contribution in [0.3, 0.4) is 0 Å². The second-order valence-electron chi connectivity index (χ2n) is 4.69. The third-order valence-electron chi connectivity index (χ3n) is 3.29. The van der Waals surface area contributed by atoms with Crippen molar-refractivity contribution in [1.82, 2.24) is 20.2 Å². The highest BCUT2D eigenvalue weighted by Gasteiger charge is 2.22. The first-order valence-electron chi connectivity index (χ1n) is 6.21. The Morgan fingerprint density at radius 1 is 1.65 bits per heavy atom. The number of nitrogens with zero attached hydrogens (tertiary/aromatic N) is 2. The lowest BCUT2D eigenvalue weighted by Crippen LogP contribution is -2.48. The van der Waals surface area contributed by atoms with Gasteiger partial charge in [0.05, 0.1) is 6.33 Å². The van der Waals surface area contributed by atoms with E-state index in [2.05, 4.69) is 22.5 Å². The van der Waals surface area contributed by atoms with Gasteiger partial charge in [0.1, 0.15) is 0 Å². The zero-order chi connectivity index (χ0) is 12.1. The van der Waals surface area contributed by atoms with E-state index in [4.69, 9.17) is 0 Å². The molecule has 0 radical (unpaired) electrons. The van der Waals surface area contributed by atoms with Crippen molar-refractivity contribution in [1.29, 1.82) is 0 Å². The predicted molar refractivity (Wildman–Crippen MR) is 65.4 cm³/mol. The average Bonchev–Trinajstić information content (AvgIpc) is 2.82. The summed E-state index contributed by atoms with van der Waals surface area (Å²) in [6.45, 7) is 4.86. The molecule has 5 nitrogen and oxygen atoms in total. The summed E-state index contributed by atoms with van der Waals surface area (Å²) in [5, 5.41) is 6.45. The van der Waals surface area contributed by atoms with Gasteiger partial charge >= 0.3 is 0 Å². The Morgan fingerprint density at radius 3 is 3.24 bits per heavy atom. The number of aryl methyl sites for hydroxylation is 1. The normalized spacial score (nSPS) is 24.5. The second kappa shape index (κ2) is 5.82. The monoisotopic (exact) mass is 236 g/mol. The highest BCUT2D eigenvalue weighted by atomic mass is 16.1. The van der Waals surface area contributed by atoms with Crippen molar-refractivity contribution in [3.63, 3.8) is 0 Å². The molecule has 1 amide bonds. The molecule has 1 aliphatic rings. The Morgan fingerprint density at radius 2 is 2.53 bits per heavy atom. The highest BCUT2D eigenvalue weighted by Crippen LogP contribution is 2.10. The minimum Gasteiger partial charge on any atom is -0.353 e. The third-order valence-corrected chi connectivity index (χ3v) is 3.29. The molecule has 0 bridgehead atoms. The van der Waals surface area contributed by atoms with E-state index >= 15 is 0 Å². The van der Waals surface area contributed by atoms with E-state index in [1.807, 2.05) is 10.8 Å². The number of rotatable bonds is 4. The molecule has 2 N–H and O–H groups in total. The number of imidazole rings is 1. The van der Waals surface area contributed by atoms with E-state index in [-0.39, 0.29) is 5.91 Å². The van der Waals surface area contributed by atoms with E-state index in [0.29, 0.717) is 24.9 Å². The number of carbonyl (C=O) groups excluding carboxylic acids is 1. The van der Waals surface area contributed by atoms with Crippen LogP contribution in [-0.4, -0.2) is 34.6 Å². The molecule has 2 atom stereocenters. The Kier molecular flexibility index (Phi) is 4.14. The van der Waals surface area contributed by atoms with Gasteiger partial charge in [-0.3, -0.25) is 4.79 Å². The second-order valence-corrected chi connectivity index (χ2v) is 4.69. The SMILES string of the molecule is CC1CNCCC1NC(=O)CCn1ccnc1. The molecule has 1 fully saturated rings. The molecular weight excluding hydrogens is 216 g/mol. The van der Waals surface area contributed by atoms with Gasteiger partial charge in [0, 0.05) is 31.4 Å². The van der Waals surface area contributed by atoms with E-state index in [1.165, 1.54) is 0 Å². The fraction of sp³-hybridized carbons (Fsp3) is 0.667. The summed E-state index contributed by atoms with van der Waals surface area (Å²) in [6, 6.07) is 0.325. The maximum Gasteiger partial charge on any atom is 0.222 e. The van der Waals surface area contributed by atoms with Crippen LogP contribution in [0.2, 0.25) is 0 Å². The van der Waals surface area contributed by atoms with E-state index in [0.717, 1.165) is 19.5 Å². The number of nitrogens with one attached hydrogen (secondary N) is 2. The number of piperidine rings is 1. The maximum atomic E-state index is 11.8. The molecule has 5 heteroatoms. The van der Waals surface area contributed by atoms with Crippen molar-refractivity contribution in [3.8, 4) is 0 Å². The minimum atomic E-state index is 0.137. The smallest absolute Gasteiger partial charge is 0.222 e. The predicted octanol–water partition coefficient (Wildman–Crippen LogP) is 0.387. The number of carbonyl (C=O) groups is 1. The van der Waals surface area contributed by atoms with Gasteiger partial charge in [-0.1, -0.05) is 6.92 Å². The van der Waals surface area contributed by atoms with E-state index in [1.54, 1.807) is 12.5 Å². The van der Waals surface area contributed by atoms with Gasteiger partial charge in [-0.2, -0.15) is 0 Å². The molecule has 1 aliphatic heterocycles. The van der Waals surface area contributed by atoms with Gasteiger partial charge in [0.15, 0.2) is 0 Å². The molecule has 1 aromatic heterocycles. The molecule has 0 aromatic carbocycles. The summed E-state index contributed by atoms with van der Waals surface area (Å²) in [7, 11) is 0. The molecule has 0 spiro atoms. The molecular formula is C12H20N4O. The molecule has 2 heterocycles. The van der Waals surface area contributed by atoms with Crippen LogP contribution in [0.5, 0.6) is 0 Å². The summed E-state index contributed by atoms with van der Waals surface area (Å²) < 4.78 is 1.92. The topological polar surface area (TPSA) is 58.9 Å². The van der Waals surface area contributed by atoms with Crippen LogP contribution in [0.1, 0.15) is 19.8 Å². The largest absolute Gasteiger partial charge is 0.353 e. The van der Waals surface area contributed by atoms with Crippen LogP contribution in [0.4, 0.5) is 0 Å². The van der Waals surface area contributed by atoms with Gasteiger partial charge in [0.2, 0.25) is 5.91 Å². The quantitative estimate of drug-likeness (QED) is 0.795. The van der Waals surface area contributed by atoms with Crippen molar-refractivity contribution in [2.45, 2.75) is 32.4 Å². The Labute approximate surface area is 102 Å². The summed E-state index contributed by atoms with van der Waals surface area (Å²) in [4.78, 5) is 15.7. The molecule has 0 aliphatic carbocycles. The van der Waals surface area contributed by atoms with Gasteiger partial charge in [-0.05, 0) is 25.4 Å².